The van der Waals surface area contributed by atoms with Gasteiger partial charge in [0.1, 0.15) is 6.54 Å². The molecule has 0 aromatic heterocycles. The van der Waals surface area contributed by atoms with E-state index in [1.54, 1.807) is 33.5 Å². The van der Waals surface area contributed by atoms with Gasteiger partial charge in [0.05, 0.1) is 27.9 Å². The third kappa shape index (κ3) is 5.06. The number of hydrogen-bond donors (Lipinski definition) is 1. The van der Waals surface area contributed by atoms with E-state index in [0.717, 1.165) is 12.8 Å². The van der Waals surface area contributed by atoms with Crippen molar-refractivity contribution in [3.8, 4) is 17.2 Å². The number of unbranched alkanes of at least 4 members (excludes halogenated alkanes) is 1. The highest BCUT2D eigenvalue weighted by Gasteiger charge is 2.13. The van der Waals surface area contributed by atoms with Crippen LogP contribution in [0, 0.1) is 0 Å². The van der Waals surface area contributed by atoms with Crippen molar-refractivity contribution in [2.24, 2.45) is 0 Å². The summed E-state index contributed by atoms with van der Waals surface area (Å²) in [4.78, 5) is 11.6. The molecule has 0 bridgehead atoms. The Bertz CT molecular complexity index is 436. The quantitative estimate of drug-likeness (QED) is 0.558. The van der Waals surface area contributed by atoms with Crippen molar-refractivity contribution in [3.05, 3.63) is 12.1 Å². The molecule has 1 N–H and O–H groups in total. The van der Waals surface area contributed by atoms with Gasteiger partial charge in [-0.05, 0) is 6.42 Å². The molecule has 1 rings (SSSR count). The van der Waals surface area contributed by atoms with Crippen molar-refractivity contribution in [1.29, 1.82) is 0 Å². The molecule has 6 nitrogen and oxygen atoms in total. The van der Waals surface area contributed by atoms with Gasteiger partial charge >= 0.3 is 5.97 Å². The number of methoxy groups -OCH3 is 3. The molecule has 0 saturated carbocycles. The summed E-state index contributed by atoms with van der Waals surface area (Å²) in [7, 11) is 4.62. The zero-order valence-corrected chi connectivity index (χ0v) is 13.0. The largest absolute Gasteiger partial charge is 0.493 e. The number of esters is 1. The van der Waals surface area contributed by atoms with Crippen molar-refractivity contribution >= 4 is 11.7 Å². The Labute approximate surface area is 125 Å². The van der Waals surface area contributed by atoms with Gasteiger partial charge in [-0.15, -0.1) is 0 Å². The van der Waals surface area contributed by atoms with Gasteiger partial charge in [0.25, 0.3) is 0 Å². The van der Waals surface area contributed by atoms with Crippen LogP contribution in [0.15, 0.2) is 12.1 Å². The molecule has 21 heavy (non-hydrogen) atoms. The van der Waals surface area contributed by atoms with E-state index in [1.165, 1.54) is 0 Å². The van der Waals surface area contributed by atoms with Crippen LogP contribution in [0.5, 0.6) is 17.2 Å². The Morgan fingerprint density at radius 2 is 1.71 bits per heavy atom. The molecule has 0 spiro atoms. The molecule has 1 aromatic rings. The van der Waals surface area contributed by atoms with Crippen LogP contribution in [-0.4, -0.2) is 40.5 Å². The topological polar surface area (TPSA) is 66.0 Å². The number of hydrogen-bond acceptors (Lipinski definition) is 6. The first kappa shape index (κ1) is 16.9. The smallest absolute Gasteiger partial charge is 0.325 e. The van der Waals surface area contributed by atoms with E-state index in [2.05, 4.69) is 5.32 Å². The highest BCUT2D eigenvalue weighted by Crippen LogP contribution is 2.39. The Balaban J connectivity index is 2.69. The summed E-state index contributed by atoms with van der Waals surface area (Å²) >= 11 is 0. The lowest BCUT2D eigenvalue weighted by Crippen LogP contribution is -2.17. The molecule has 0 amide bonds. The monoisotopic (exact) mass is 297 g/mol. The highest BCUT2D eigenvalue weighted by molar-refractivity contribution is 5.75. The van der Waals surface area contributed by atoms with E-state index < -0.39 is 0 Å². The molecule has 0 aliphatic heterocycles. The highest BCUT2D eigenvalue weighted by atomic mass is 16.5. The lowest BCUT2D eigenvalue weighted by atomic mass is 10.2. The minimum absolute atomic E-state index is 0.0857. The van der Waals surface area contributed by atoms with Crippen LogP contribution in [0.25, 0.3) is 0 Å². The van der Waals surface area contributed by atoms with E-state index >= 15 is 0 Å². The maximum atomic E-state index is 11.6. The van der Waals surface area contributed by atoms with Gasteiger partial charge in [-0.1, -0.05) is 13.3 Å². The van der Waals surface area contributed by atoms with Crippen LogP contribution in [0.4, 0.5) is 5.69 Å². The number of carbonyl (C=O) groups is 1. The van der Waals surface area contributed by atoms with Crippen LogP contribution in [0.3, 0.4) is 0 Å². The summed E-state index contributed by atoms with van der Waals surface area (Å²) in [5.41, 5.74) is 0.692. The fraction of sp³-hybridized carbons (Fsp3) is 0.533. The third-order valence-electron chi connectivity index (χ3n) is 2.86. The van der Waals surface area contributed by atoms with E-state index in [1.807, 2.05) is 6.92 Å². The molecular formula is C15H23NO5. The van der Waals surface area contributed by atoms with Crippen LogP contribution >= 0.6 is 0 Å². The van der Waals surface area contributed by atoms with E-state index in [4.69, 9.17) is 18.9 Å². The van der Waals surface area contributed by atoms with Gasteiger partial charge in [0.2, 0.25) is 5.75 Å². The normalized spacial score (nSPS) is 9.90. The molecule has 0 atom stereocenters. The molecule has 0 aliphatic rings. The molecule has 6 heteroatoms. The number of ether oxygens (including phenoxy) is 4. The Morgan fingerprint density at radius 1 is 1.10 bits per heavy atom. The predicted octanol–water partition coefficient (Wildman–Crippen LogP) is 2.47. The van der Waals surface area contributed by atoms with E-state index in [0.29, 0.717) is 29.5 Å². The molecule has 0 saturated heterocycles. The first-order valence-corrected chi connectivity index (χ1v) is 6.85. The van der Waals surface area contributed by atoms with Crippen molar-refractivity contribution < 1.29 is 23.7 Å². The molecule has 0 radical (unpaired) electrons. The van der Waals surface area contributed by atoms with Gasteiger partial charge in [-0.2, -0.15) is 0 Å². The summed E-state index contributed by atoms with van der Waals surface area (Å²) in [6, 6.07) is 3.47. The van der Waals surface area contributed by atoms with Crippen LogP contribution < -0.4 is 19.5 Å². The van der Waals surface area contributed by atoms with Crippen molar-refractivity contribution in [2.45, 2.75) is 19.8 Å². The van der Waals surface area contributed by atoms with Gasteiger partial charge in [0, 0.05) is 17.8 Å². The SMILES string of the molecule is CCCCOC(=O)CNc1cc(OC)c(OC)c(OC)c1. The predicted molar refractivity (Wildman–Crippen MR) is 80.5 cm³/mol. The fourth-order valence-electron chi connectivity index (χ4n) is 1.74. The van der Waals surface area contributed by atoms with Crippen molar-refractivity contribution in [3.63, 3.8) is 0 Å². The second-order valence-electron chi connectivity index (χ2n) is 4.34. The second-order valence-corrected chi connectivity index (χ2v) is 4.34. The average molecular weight is 297 g/mol. The van der Waals surface area contributed by atoms with Crippen LogP contribution in [0.1, 0.15) is 19.8 Å². The van der Waals surface area contributed by atoms with Crippen LogP contribution in [-0.2, 0) is 9.53 Å². The molecular weight excluding hydrogens is 274 g/mol. The maximum Gasteiger partial charge on any atom is 0.325 e. The molecule has 1 aromatic carbocycles. The molecule has 118 valence electrons. The minimum atomic E-state index is -0.294. The Kier molecular flexibility index (Phi) is 7.21. The van der Waals surface area contributed by atoms with Crippen molar-refractivity contribution in [1.82, 2.24) is 0 Å². The summed E-state index contributed by atoms with van der Waals surface area (Å²) in [5.74, 6) is 1.27. The van der Waals surface area contributed by atoms with Gasteiger partial charge in [-0.3, -0.25) is 4.79 Å². The summed E-state index contributed by atoms with van der Waals surface area (Å²) < 4.78 is 20.8. The second kappa shape index (κ2) is 8.94. The van der Waals surface area contributed by atoms with Gasteiger partial charge < -0.3 is 24.3 Å². The summed E-state index contributed by atoms with van der Waals surface area (Å²) in [5, 5.41) is 2.98. The summed E-state index contributed by atoms with van der Waals surface area (Å²) in [6.07, 6.45) is 1.86. The average Bonchev–Trinajstić information content (AvgIpc) is 2.51. The first-order valence-electron chi connectivity index (χ1n) is 6.85. The minimum Gasteiger partial charge on any atom is -0.493 e. The lowest BCUT2D eigenvalue weighted by molar-refractivity contribution is -0.141. The van der Waals surface area contributed by atoms with Crippen LogP contribution in [0.2, 0.25) is 0 Å². The standard InChI is InChI=1S/C15H23NO5/c1-5-6-7-21-14(17)10-16-11-8-12(18-2)15(20-4)13(9-11)19-3/h8-9,16H,5-7,10H2,1-4H3. The summed E-state index contributed by atoms with van der Waals surface area (Å²) in [6.45, 7) is 2.58. The van der Waals surface area contributed by atoms with Gasteiger partial charge in [-0.25, -0.2) is 0 Å². The number of carbonyl (C=O) groups excluding carboxylic acids is 1. The number of benzene rings is 1. The molecule has 0 unspecified atom stereocenters. The third-order valence-corrected chi connectivity index (χ3v) is 2.86. The number of rotatable bonds is 9. The zero-order valence-electron chi connectivity index (χ0n) is 13.0. The van der Waals surface area contributed by atoms with Crippen molar-refractivity contribution in [2.75, 3.05) is 39.8 Å². The first-order chi connectivity index (χ1) is 10.2. The molecule has 0 heterocycles. The molecule has 0 aliphatic carbocycles. The van der Waals surface area contributed by atoms with E-state index in [-0.39, 0.29) is 12.5 Å². The Morgan fingerprint density at radius 3 is 2.19 bits per heavy atom. The van der Waals surface area contributed by atoms with E-state index in [9.17, 15) is 4.79 Å². The maximum absolute atomic E-state index is 11.6. The lowest BCUT2D eigenvalue weighted by Gasteiger charge is -2.14. The zero-order chi connectivity index (χ0) is 15.7. The fourth-order valence-corrected chi connectivity index (χ4v) is 1.74. The number of anilines is 1. The molecule has 0 fully saturated rings. The Hall–Kier alpha value is -2.11. The van der Waals surface area contributed by atoms with Gasteiger partial charge in [0.15, 0.2) is 11.5 Å². The number of nitrogens with one attached hydrogen (secondary N) is 1.